The molecule has 0 saturated heterocycles. The van der Waals surface area contributed by atoms with Crippen LogP contribution in [0.25, 0.3) is 22.3 Å². The number of aryl methyl sites for hydroxylation is 1. The van der Waals surface area contributed by atoms with Crippen LogP contribution in [0, 0.1) is 6.92 Å². The van der Waals surface area contributed by atoms with Gasteiger partial charge in [0.1, 0.15) is 0 Å². The molecule has 3 heterocycles. The van der Waals surface area contributed by atoms with Crippen molar-refractivity contribution in [2.24, 2.45) is 0 Å². The predicted molar refractivity (Wildman–Crippen MR) is 271 cm³/mol. The van der Waals surface area contributed by atoms with Crippen LogP contribution in [0.3, 0.4) is 0 Å². The van der Waals surface area contributed by atoms with Gasteiger partial charge in [0.05, 0.1) is 11.1 Å². The Balaban J connectivity index is 1.21. The molecule has 308 valence electrons. The Hall–Kier alpha value is -6.10. The van der Waals surface area contributed by atoms with E-state index in [1.807, 2.05) is 0 Å². The number of hydrogen-bond donors (Lipinski definition) is 0. The first kappa shape index (κ1) is 38.6. The average molecular weight is 833 g/mol. The van der Waals surface area contributed by atoms with Crippen LogP contribution in [0.15, 0.2) is 152 Å². The van der Waals surface area contributed by atoms with E-state index >= 15 is 0 Å². The topological polar surface area (TPSA) is 6.48 Å². The van der Waals surface area contributed by atoms with E-state index < -0.39 is 5.41 Å². The van der Waals surface area contributed by atoms with E-state index in [1.54, 1.807) is 0 Å². The molecule has 0 fully saturated rings. The number of para-hydroxylation sites is 1. The van der Waals surface area contributed by atoms with E-state index in [4.69, 9.17) is 0 Å². The summed E-state index contributed by atoms with van der Waals surface area (Å²) in [4.78, 5) is 6.66. The summed E-state index contributed by atoms with van der Waals surface area (Å²) in [6, 6.07) is 59.0. The maximum atomic E-state index is 2.67. The number of rotatable bonds is 3. The lowest BCUT2D eigenvalue weighted by molar-refractivity contribution is 0.588. The van der Waals surface area contributed by atoms with Crippen molar-refractivity contribution in [2.75, 3.05) is 9.80 Å². The normalized spacial score (nSPS) is 14.9. The van der Waals surface area contributed by atoms with Crippen LogP contribution in [-0.2, 0) is 16.2 Å². The molecule has 1 spiro atoms. The number of benzene rings is 7. The molecule has 0 radical (unpaired) electrons. The number of fused-ring (bicyclic) bond motifs is 15. The van der Waals surface area contributed by atoms with Gasteiger partial charge in [-0.15, -0.1) is 11.3 Å². The third kappa shape index (κ3) is 5.25. The second-order valence-electron chi connectivity index (χ2n) is 20.8. The Morgan fingerprint density at radius 1 is 0.540 bits per heavy atom. The van der Waals surface area contributed by atoms with Crippen molar-refractivity contribution in [1.29, 1.82) is 0 Å². The maximum Gasteiger partial charge on any atom is 0.264 e. The van der Waals surface area contributed by atoms with Crippen molar-refractivity contribution in [1.82, 2.24) is 0 Å². The van der Waals surface area contributed by atoms with Crippen molar-refractivity contribution in [3.63, 3.8) is 0 Å². The van der Waals surface area contributed by atoms with Crippen LogP contribution in [0.4, 0.5) is 34.1 Å². The van der Waals surface area contributed by atoms with E-state index in [0.717, 1.165) is 0 Å². The number of nitrogens with zero attached hydrogens (tertiary/aromatic N) is 2. The van der Waals surface area contributed by atoms with Crippen molar-refractivity contribution in [3.05, 3.63) is 195 Å². The Morgan fingerprint density at radius 3 is 1.73 bits per heavy atom. The van der Waals surface area contributed by atoms with Gasteiger partial charge in [-0.05, 0) is 133 Å². The molecule has 1 aromatic heterocycles. The van der Waals surface area contributed by atoms with Crippen molar-refractivity contribution in [2.45, 2.75) is 84.5 Å². The molecule has 0 bridgehead atoms. The standard InChI is InChI=1S/C59H53BN2S/c1-35(2)37-22-27-41(28-23-37)62-51-33-36(3)32-50-53(51)60(48-20-14-15-21-49(48)61(50)40-29-24-38(25-30-40)57(4,5)6)56-54(62)52-44-31-26-39(58(7,8)9)34-47(44)59(55(52)63-56)45-18-12-10-16-42(45)43-17-11-13-19-46(43)59/h10-35H,1-9H3. The zero-order valence-electron chi connectivity index (χ0n) is 37.9. The molecule has 2 aliphatic heterocycles. The molecule has 2 aliphatic carbocycles. The summed E-state index contributed by atoms with van der Waals surface area (Å²) in [5.74, 6) is 0.443. The first-order chi connectivity index (χ1) is 30.3. The zero-order chi connectivity index (χ0) is 43.3. The van der Waals surface area contributed by atoms with Gasteiger partial charge < -0.3 is 9.80 Å². The van der Waals surface area contributed by atoms with E-state index in [0.29, 0.717) is 5.92 Å². The first-order valence-corrected chi connectivity index (χ1v) is 23.6. The van der Waals surface area contributed by atoms with E-state index in [9.17, 15) is 0 Å². The average Bonchev–Trinajstić information content (AvgIpc) is 3.89. The number of anilines is 6. The van der Waals surface area contributed by atoms with Crippen LogP contribution in [0.5, 0.6) is 0 Å². The molecule has 4 heteroatoms. The van der Waals surface area contributed by atoms with Crippen molar-refractivity contribution in [3.8, 4) is 22.3 Å². The van der Waals surface area contributed by atoms with Crippen LogP contribution >= 0.6 is 11.3 Å². The molecule has 7 aromatic carbocycles. The fourth-order valence-corrected chi connectivity index (χ4v) is 13.2. The summed E-state index contributed by atoms with van der Waals surface area (Å²) in [6.07, 6.45) is 0. The van der Waals surface area contributed by atoms with Gasteiger partial charge in [0, 0.05) is 43.7 Å². The second-order valence-corrected chi connectivity index (χ2v) is 21.8. The van der Waals surface area contributed by atoms with Gasteiger partial charge >= 0.3 is 0 Å². The summed E-state index contributed by atoms with van der Waals surface area (Å²) < 4.78 is 1.42. The molecule has 4 aliphatic rings. The molecule has 0 amide bonds. The highest BCUT2D eigenvalue weighted by atomic mass is 32.1. The van der Waals surface area contributed by atoms with Crippen molar-refractivity contribution < 1.29 is 0 Å². The first-order valence-electron chi connectivity index (χ1n) is 22.8. The van der Waals surface area contributed by atoms with Gasteiger partial charge in [0.2, 0.25) is 0 Å². The van der Waals surface area contributed by atoms with Crippen LogP contribution in [0.2, 0.25) is 0 Å². The van der Waals surface area contributed by atoms with Crippen molar-refractivity contribution >= 4 is 67.9 Å². The minimum absolute atomic E-state index is 0.00882. The lowest BCUT2D eigenvalue weighted by Crippen LogP contribution is -2.60. The monoisotopic (exact) mass is 832 g/mol. The highest BCUT2D eigenvalue weighted by molar-refractivity contribution is 7.30. The minimum atomic E-state index is -0.450. The van der Waals surface area contributed by atoms with Gasteiger partial charge in [0.25, 0.3) is 6.71 Å². The quantitative estimate of drug-likeness (QED) is 0.164. The van der Waals surface area contributed by atoms with E-state index in [2.05, 4.69) is 235 Å². The lowest BCUT2D eigenvalue weighted by atomic mass is 9.36. The molecule has 0 unspecified atom stereocenters. The Bertz CT molecular complexity index is 3150. The largest absolute Gasteiger partial charge is 0.311 e. The molecule has 0 saturated carbocycles. The molecular formula is C59H53BN2S. The van der Waals surface area contributed by atoms with Crippen LogP contribution < -0.4 is 25.5 Å². The SMILES string of the molecule is Cc1cc2c3c(c1)N(c1ccc(C(C)C)cc1)c1c(sc4c1-c1ccc(C(C)(C)C)cc1C41c4ccccc4-c4ccccc41)B3c1ccccc1N2c1ccc(C(C)(C)C)cc1. The fourth-order valence-electron chi connectivity index (χ4n) is 11.5. The Labute approximate surface area is 378 Å². The molecule has 63 heavy (non-hydrogen) atoms. The highest BCUT2D eigenvalue weighted by Gasteiger charge is 2.57. The van der Waals surface area contributed by atoms with Gasteiger partial charge in [-0.25, -0.2) is 0 Å². The zero-order valence-corrected chi connectivity index (χ0v) is 38.7. The van der Waals surface area contributed by atoms with Gasteiger partial charge in [-0.3, -0.25) is 0 Å². The summed E-state index contributed by atoms with van der Waals surface area (Å²) in [5, 5.41) is 0. The number of hydrogen-bond acceptors (Lipinski definition) is 3. The third-order valence-corrected chi connectivity index (χ3v) is 16.0. The molecule has 2 nitrogen and oxygen atoms in total. The minimum Gasteiger partial charge on any atom is -0.311 e. The van der Waals surface area contributed by atoms with Crippen LogP contribution in [0.1, 0.15) is 105 Å². The fraction of sp³-hybridized carbons (Fsp3) is 0.220. The highest BCUT2D eigenvalue weighted by Crippen LogP contribution is 2.67. The van der Waals surface area contributed by atoms with Gasteiger partial charge in [-0.1, -0.05) is 165 Å². The Morgan fingerprint density at radius 2 is 1.10 bits per heavy atom. The Kier molecular flexibility index (Phi) is 8.09. The van der Waals surface area contributed by atoms with Gasteiger partial charge in [0.15, 0.2) is 0 Å². The van der Waals surface area contributed by atoms with Gasteiger partial charge in [-0.2, -0.15) is 0 Å². The van der Waals surface area contributed by atoms with E-state index in [-0.39, 0.29) is 17.5 Å². The summed E-state index contributed by atoms with van der Waals surface area (Å²) in [7, 11) is 0. The summed E-state index contributed by atoms with van der Waals surface area (Å²) in [6.45, 7) is 20.9. The summed E-state index contributed by atoms with van der Waals surface area (Å²) >= 11 is 2.07. The molecule has 12 rings (SSSR count). The third-order valence-electron chi connectivity index (χ3n) is 14.6. The molecular weight excluding hydrogens is 780 g/mol. The smallest absolute Gasteiger partial charge is 0.264 e. The second kappa shape index (κ2) is 13.2. The maximum absolute atomic E-state index is 2.67. The lowest BCUT2D eigenvalue weighted by Gasteiger charge is -2.43. The molecule has 0 atom stereocenters. The van der Waals surface area contributed by atoms with E-state index in [1.165, 1.54) is 116 Å². The summed E-state index contributed by atoms with van der Waals surface area (Å²) in [5.41, 5.74) is 24.8. The number of thiophene rings is 1. The predicted octanol–water partition coefficient (Wildman–Crippen LogP) is 14.2. The molecule has 8 aromatic rings. The van der Waals surface area contributed by atoms with Crippen LogP contribution in [-0.4, -0.2) is 6.71 Å². The molecule has 0 N–H and O–H groups in total.